The largest absolute Gasteiger partial charge is 0.481 e. The predicted molar refractivity (Wildman–Crippen MR) is 77.7 cm³/mol. The highest BCUT2D eigenvalue weighted by Crippen LogP contribution is 2.47. The molecular weight excluding hydrogens is 347 g/mol. The van der Waals surface area contributed by atoms with E-state index in [4.69, 9.17) is 5.11 Å². The standard InChI is InChI=1S/C15H16F3NO4S/c16-15(17,18)9-5-6-13-11(7-9)12(8-14(20)21)19(24(13,22)23)10-3-1-2-4-10/h5-7,10,12H,1-4,8H2,(H,20,21)/t12-/m0/s1. The summed E-state index contributed by atoms with van der Waals surface area (Å²) in [7, 11) is -3.98. The highest BCUT2D eigenvalue weighted by Gasteiger charge is 2.48. The molecule has 9 heteroatoms. The summed E-state index contributed by atoms with van der Waals surface area (Å²) in [5.74, 6) is -1.25. The van der Waals surface area contributed by atoms with E-state index in [1.807, 2.05) is 0 Å². The molecule has 1 atom stereocenters. The molecule has 0 aromatic heterocycles. The van der Waals surface area contributed by atoms with Gasteiger partial charge in [-0.2, -0.15) is 17.5 Å². The molecule has 0 radical (unpaired) electrons. The van der Waals surface area contributed by atoms with Crippen LogP contribution in [0.2, 0.25) is 0 Å². The zero-order valence-corrected chi connectivity index (χ0v) is 13.4. The molecular formula is C15H16F3NO4S. The lowest BCUT2D eigenvalue weighted by molar-refractivity contribution is -0.138. The lowest BCUT2D eigenvalue weighted by Crippen LogP contribution is -2.37. The minimum absolute atomic E-state index is 0.0703. The third kappa shape index (κ3) is 2.79. The number of alkyl halides is 3. The van der Waals surface area contributed by atoms with Gasteiger partial charge in [-0.3, -0.25) is 4.79 Å². The number of benzene rings is 1. The van der Waals surface area contributed by atoms with Crippen LogP contribution < -0.4 is 0 Å². The van der Waals surface area contributed by atoms with Crippen LogP contribution in [0.1, 0.15) is 49.3 Å². The Morgan fingerprint density at radius 3 is 2.42 bits per heavy atom. The van der Waals surface area contributed by atoms with Crippen molar-refractivity contribution in [2.45, 2.75) is 55.3 Å². The molecule has 0 amide bonds. The molecule has 132 valence electrons. The Morgan fingerprint density at radius 2 is 1.88 bits per heavy atom. The third-order valence-corrected chi connectivity index (χ3v) is 6.65. The van der Waals surface area contributed by atoms with Crippen LogP contribution in [0.4, 0.5) is 13.2 Å². The van der Waals surface area contributed by atoms with Crippen LogP contribution in [0, 0.1) is 0 Å². The quantitative estimate of drug-likeness (QED) is 0.895. The van der Waals surface area contributed by atoms with Crippen molar-refractivity contribution in [2.75, 3.05) is 0 Å². The average molecular weight is 363 g/mol. The maximum atomic E-state index is 13.0. The number of hydrogen-bond acceptors (Lipinski definition) is 3. The number of rotatable bonds is 3. The van der Waals surface area contributed by atoms with Gasteiger partial charge in [0.2, 0.25) is 10.0 Å². The van der Waals surface area contributed by atoms with E-state index in [1.165, 1.54) is 0 Å². The van der Waals surface area contributed by atoms with E-state index < -0.39 is 40.2 Å². The van der Waals surface area contributed by atoms with Gasteiger partial charge >= 0.3 is 12.1 Å². The van der Waals surface area contributed by atoms with Crippen molar-refractivity contribution in [1.82, 2.24) is 4.31 Å². The van der Waals surface area contributed by atoms with Gasteiger partial charge in [-0.1, -0.05) is 12.8 Å². The molecule has 1 aliphatic carbocycles. The Balaban J connectivity index is 2.14. The second-order valence-electron chi connectivity index (χ2n) is 6.14. The van der Waals surface area contributed by atoms with Gasteiger partial charge in [-0.05, 0) is 36.6 Å². The fourth-order valence-electron chi connectivity index (χ4n) is 3.61. The molecule has 0 saturated heterocycles. The molecule has 1 aliphatic heterocycles. The Kier molecular flexibility index (Phi) is 4.11. The summed E-state index contributed by atoms with van der Waals surface area (Å²) in [5, 5.41) is 9.12. The normalized spacial score (nSPS) is 24.2. The third-order valence-electron chi connectivity index (χ3n) is 4.61. The topological polar surface area (TPSA) is 74.7 Å². The number of aliphatic carboxylic acids is 1. The van der Waals surface area contributed by atoms with Crippen molar-refractivity contribution in [1.29, 1.82) is 0 Å². The lowest BCUT2D eigenvalue weighted by atomic mass is 9.99. The van der Waals surface area contributed by atoms with Crippen LogP contribution >= 0.6 is 0 Å². The molecule has 1 fully saturated rings. The van der Waals surface area contributed by atoms with Crippen molar-refractivity contribution in [3.8, 4) is 0 Å². The first-order valence-corrected chi connectivity index (χ1v) is 9.03. The van der Waals surface area contributed by atoms with Gasteiger partial charge in [-0.15, -0.1) is 0 Å². The summed E-state index contributed by atoms with van der Waals surface area (Å²) in [5.41, 5.74) is -1.04. The Labute approximate surface area is 137 Å². The first-order valence-electron chi connectivity index (χ1n) is 7.59. The minimum atomic E-state index is -4.62. The van der Waals surface area contributed by atoms with E-state index in [1.54, 1.807) is 0 Å². The second-order valence-corrected chi connectivity index (χ2v) is 7.95. The number of nitrogens with zero attached hydrogens (tertiary/aromatic N) is 1. The van der Waals surface area contributed by atoms with Gasteiger partial charge < -0.3 is 5.11 Å². The summed E-state index contributed by atoms with van der Waals surface area (Å²) >= 11 is 0. The zero-order valence-electron chi connectivity index (χ0n) is 12.6. The Bertz CT molecular complexity index is 769. The molecule has 1 aromatic carbocycles. The number of hydrogen-bond donors (Lipinski definition) is 1. The summed E-state index contributed by atoms with van der Waals surface area (Å²) in [6.45, 7) is 0. The molecule has 5 nitrogen and oxygen atoms in total. The average Bonchev–Trinajstić information content (AvgIpc) is 3.03. The number of fused-ring (bicyclic) bond motifs is 1. The Hall–Kier alpha value is -1.61. The van der Waals surface area contributed by atoms with Crippen LogP contribution in [0.15, 0.2) is 23.1 Å². The van der Waals surface area contributed by atoms with Crippen LogP contribution in [-0.4, -0.2) is 29.8 Å². The first-order chi connectivity index (χ1) is 11.1. The van der Waals surface area contributed by atoms with E-state index in [0.717, 1.165) is 35.3 Å². The number of halogens is 3. The first kappa shape index (κ1) is 17.2. The van der Waals surface area contributed by atoms with Crippen LogP contribution in [0.3, 0.4) is 0 Å². The molecule has 0 bridgehead atoms. The lowest BCUT2D eigenvalue weighted by Gasteiger charge is -2.28. The SMILES string of the molecule is O=C(O)C[C@H]1c2cc(C(F)(F)F)ccc2S(=O)(=O)N1C1CCCC1. The highest BCUT2D eigenvalue weighted by atomic mass is 32.2. The summed E-state index contributed by atoms with van der Waals surface area (Å²) in [4.78, 5) is 11.0. The van der Waals surface area contributed by atoms with Gasteiger partial charge in [0.15, 0.2) is 0 Å². The van der Waals surface area contributed by atoms with Gasteiger partial charge in [0.1, 0.15) is 0 Å². The van der Waals surface area contributed by atoms with Crippen molar-refractivity contribution in [3.63, 3.8) is 0 Å². The van der Waals surface area contributed by atoms with Gasteiger partial charge in [0, 0.05) is 6.04 Å². The smallest absolute Gasteiger partial charge is 0.416 e. The molecule has 3 rings (SSSR count). The van der Waals surface area contributed by atoms with E-state index in [-0.39, 0.29) is 16.5 Å². The van der Waals surface area contributed by atoms with E-state index in [9.17, 15) is 26.4 Å². The number of carboxylic acids is 1. The fourth-order valence-corrected chi connectivity index (χ4v) is 5.70. The molecule has 1 heterocycles. The Morgan fingerprint density at radius 1 is 1.25 bits per heavy atom. The minimum Gasteiger partial charge on any atom is -0.481 e. The molecule has 1 aromatic rings. The molecule has 1 N–H and O–H groups in total. The maximum absolute atomic E-state index is 13.0. The van der Waals surface area contributed by atoms with Crippen molar-refractivity contribution >= 4 is 16.0 Å². The molecule has 24 heavy (non-hydrogen) atoms. The zero-order chi connectivity index (χ0) is 17.7. The molecule has 1 saturated carbocycles. The summed E-state index contributed by atoms with van der Waals surface area (Å²) in [6, 6.07) is 0.994. The van der Waals surface area contributed by atoms with Gasteiger partial charge in [0.05, 0.1) is 22.9 Å². The van der Waals surface area contributed by atoms with Crippen molar-refractivity contribution in [3.05, 3.63) is 29.3 Å². The molecule has 0 unspecified atom stereocenters. The maximum Gasteiger partial charge on any atom is 0.416 e. The summed E-state index contributed by atoms with van der Waals surface area (Å²) in [6.07, 6.45) is -2.34. The number of carboxylic acid groups (broad SMARTS) is 1. The van der Waals surface area contributed by atoms with Crippen LogP contribution in [0.5, 0.6) is 0 Å². The number of carbonyl (C=O) groups is 1. The highest BCUT2D eigenvalue weighted by molar-refractivity contribution is 7.89. The summed E-state index contributed by atoms with van der Waals surface area (Å²) < 4.78 is 65.5. The van der Waals surface area contributed by atoms with E-state index in [2.05, 4.69) is 0 Å². The second kappa shape index (κ2) is 5.73. The fraction of sp³-hybridized carbons (Fsp3) is 0.533. The molecule has 0 spiro atoms. The van der Waals surface area contributed by atoms with Crippen LogP contribution in [-0.2, 0) is 21.0 Å². The van der Waals surface area contributed by atoms with E-state index in [0.29, 0.717) is 12.8 Å². The van der Waals surface area contributed by atoms with Crippen LogP contribution in [0.25, 0.3) is 0 Å². The van der Waals surface area contributed by atoms with E-state index >= 15 is 0 Å². The van der Waals surface area contributed by atoms with Crippen molar-refractivity contribution in [2.24, 2.45) is 0 Å². The number of sulfonamides is 1. The monoisotopic (exact) mass is 363 g/mol. The van der Waals surface area contributed by atoms with Gasteiger partial charge in [0.25, 0.3) is 0 Å². The predicted octanol–water partition coefficient (Wildman–Crippen LogP) is 3.17. The van der Waals surface area contributed by atoms with Gasteiger partial charge in [-0.25, -0.2) is 8.42 Å². The van der Waals surface area contributed by atoms with Crippen molar-refractivity contribution < 1.29 is 31.5 Å². The molecule has 2 aliphatic rings.